The molecule has 0 saturated heterocycles. The molecule has 0 fully saturated rings. The Morgan fingerprint density at radius 1 is 1.64 bits per heavy atom. The van der Waals surface area contributed by atoms with Crippen LogP contribution in [-0.4, -0.2) is 22.7 Å². The summed E-state index contributed by atoms with van der Waals surface area (Å²) in [5.74, 6) is -1.63. The molecule has 0 aromatic carbocycles. The normalized spacial score (nSPS) is 10.0. The minimum absolute atomic E-state index is 0.619. The fourth-order valence-electron chi connectivity index (χ4n) is 0.338. The molecular formula is C5H5N3O3. The molecule has 2 amide bonds. The van der Waals surface area contributed by atoms with Crippen LogP contribution in [-0.2, 0) is 9.59 Å². The average molecular weight is 155 g/mol. The van der Waals surface area contributed by atoms with Crippen LogP contribution in [0.15, 0.2) is 5.16 Å². The second-order valence-electron chi connectivity index (χ2n) is 1.57. The number of oxime groups is 1. The van der Waals surface area contributed by atoms with E-state index >= 15 is 0 Å². The second kappa shape index (κ2) is 4.00. The fourth-order valence-corrected chi connectivity index (χ4v) is 0.338. The fraction of sp³-hybridized carbons (Fsp3) is 0.200. The second-order valence-corrected chi connectivity index (χ2v) is 1.57. The zero-order valence-electron chi connectivity index (χ0n) is 5.66. The minimum Gasteiger partial charge on any atom is -0.410 e. The van der Waals surface area contributed by atoms with Crippen molar-refractivity contribution in [3.05, 3.63) is 0 Å². The highest BCUT2D eigenvalue weighted by Crippen LogP contribution is 1.74. The van der Waals surface area contributed by atoms with Gasteiger partial charge in [0, 0.05) is 6.92 Å². The van der Waals surface area contributed by atoms with Gasteiger partial charge in [0.25, 0.3) is 5.91 Å². The Morgan fingerprint density at radius 3 is 2.45 bits per heavy atom. The number of rotatable bonds is 1. The van der Waals surface area contributed by atoms with Gasteiger partial charge in [-0.2, -0.15) is 5.26 Å². The molecule has 0 saturated carbocycles. The Labute approximate surface area is 62.1 Å². The smallest absolute Gasteiger partial charge is 0.290 e. The van der Waals surface area contributed by atoms with Crippen LogP contribution in [0.25, 0.3) is 0 Å². The molecule has 0 heterocycles. The molecule has 0 spiro atoms. The van der Waals surface area contributed by atoms with Gasteiger partial charge in [-0.25, -0.2) is 0 Å². The molecule has 0 atom stereocenters. The average Bonchev–Trinajstić information content (AvgIpc) is 1.88. The molecule has 0 aliphatic rings. The highest BCUT2D eigenvalue weighted by Gasteiger charge is 2.11. The number of nitrogens with zero attached hydrogens (tertiary/aromatic N) is 2. The third-order valence-electron chi connectivity index (χ3n) is 0.711. The van der Waals surface area contributed by atoms with E-state index in [0.29, 0.717) is 0 Å². The number of hydrogen-bond acceptors (Lipinski definition) is 5. The van der Waals surface area contributed by atoms with Gasteiger partial charge in [0.1, 0.15) is 6.07 Å². The summed E-state index contributed by atoms with van der Waals surface area (Å²) >= 11 is 0. The SMILES string of the molecule is CC(=O)NC(=O)C(C#N)=NO. The number of hydrogen-bond donors (Lipinski definition) is 2. The maximum atomic E-state index is 10.6. The van der Waals surface area contributed by atoms with E-state index in [9.17, 15) is 9.59 Å². The maximum absolute atomic E-state index is 10.6. The molecule has 0 unspecified atom stereocenters. The molecule has 0 rings (SSSR count). The van der Waals surface area contributed by atoms with Crippen LogP contribution in [0, 0.1) is 11.3 Å². The van der Waals surface area contributed by atoms with Crippen LogP contribution in [0.1, 0.15) is 6.92 Å². The molecule has 0 radical (unpaired) electrons. The summed E-state index contributed by atoms with van der Waals surface area (Å²) in [6.45, 7) is 1.10. The lowest BCUT2D eigenvalue weighted by Crippen LogP contribution is -2.33. The first-order valence-corrected chi connectivity index (χ1v) is 2.56. The Kier molecular flexibility index (Phi) is 3.31. The van der Waals surface area contributed by atoms with Crippen molar-refractivity contribution in [1.29, 1.82) is 5.26 Å². The molecule has 0 aliphatic carbocycles. The van der Waals surface area contributed by atoms with Crippen LogP contribution in [0.4, 0.5) is 0 Å². The predicted molar refractivity (Wildman–Crippen MR) is 33.7 cm³/mol. The Hall–Kier alpha value is -1.90. The minimum atomic E-state index is -1.01. The van der Waals surface area contributed by atoms with E-state index in [0.717, 1.165) is 6.92 Å². The molecule has 6 heteroatoms. The number of nitriles is 1. The van der Waals surface area contributed by atoms with Crippen molar-refractivity contribution < 1.29 is 14.8 Å². The Morgan fingerprint density at radius 2 is 2.18 bits per heavy atom. The number of carbonyl (C=O) groups is 2. The van der Waals surface area contributed by atoms with Crippen molar-refractivity contribution in [2.75, 3.05) is 0 Å². The van der Waals surface area contributed by atoms with Gasteiger partial charge in [-0.3, -0.25) is 14.9 Å². The van der Waals surface area contributed by atoms with E-state index in [1.807, 2.05) is 0 Å². The van der Waals surface area contributed by atoms with Gasteiger partial charge in [-0.1, -0.05) is 5.16 Å². The maximum Gasteiger partial charge on any atom is 0.290 e. The standard InChI is InChI=1S/C5H5N3O3/c1-3(9)7-5(10)4(2-6)8-11/h11H,1H3,(H,7,9,10). The highest BCUT2D eigenvalue weighted by atomic mass is 16.4. The van der Waals surface area contributed by atoms with Crippen molar-refractivity contribution in [2.24, 2.45) is 5.16 Å². The third kappa shape index (κ3) is 2.95. The van der Waals surface area contributed by atoms with Gasteiger partial charge in [-0.05, 0) is 0 Å². The van der Waals surface area contributed by atoms with Crippen molar-refractivity contribution in [2.45, 2.75) is 6.92 Å². The van der Waals surface area contributed by atoms with Gasteiger partial charge >= 0.3 is 0 Å². The van der Waals surface area contributed by atoms with Gasteiger partial charge in [0.2, 0.25) is 11.6 Å². The van der Waals surface area contributed by atoms with Crippen molar-refractivity contribution in [1.82, 2.24) is 5.32 Å². The largest absolute Gasteiger partial charge is 0.410 e. The number of amides is 2. The Bertz CT molecular complexity index is 250. The predicted octanol–water partition coefficient (Wildman–Crippen LogP) is -0.997. The zero-order chi connectivity index (χ0) is 8.85. The molecule has 0 aliphatic heterocycles. The van der Waals surface area contributed by atoms with E-state index in [1.54, 1.807) is 5.32 Å². The van der Waals surface area contributed by atoms with E-state index in [2.05, 4.69) is 5.16 Å². The van der Waals surface area contributed by atoms with Gasteiger partial charge < -0.3 is 5.21 Å². The van der Waals surface area contributed by atoms with Crippen LogP contribution >= 0.6 is 0 Å². The lowest BCUT2D eigenvalue weighted by molar-refractivity contribution is -0.125. The molecule has 2 N–H and O–H groups in total. The summed E-state index contributed by atoms with van der Waals surface area (Å²) in [7, 11) is 0. The molecule has 0 aromatic heterocycles. The molecule has 0 aromatic rings. The van der Waals surface area contributed by atoms with E-state index in [-0.39, 0.29) is 0 Å². The van der Waals surface area contributed by atoms with Crippen LogP contribution in [0.2, 0.25) is 0 Å². The van der Waals surface area contributed by atoms with Gasteiger partial charge in [0.15, 0.2) is 0 Å². The summed E-state index contributed by atoms with van der Waals surface area (Å²) in [6.07, 6.45) is 0. The van der Waals surface area contributed by atoms with E-state index in [1.165, 1.54) is 6.07 Å². The lowest BCUT2D eigenvalue weighted by Gasteiger charge is -1.93. The van der Waals surface area contributed by atoms with Gasteiger partial charge in [0.05, 0.1) is 0 Å². The molecule has 6 nitrogen and oxygen atoms in total. The lowest BCUT2D eigenvalue weighted by atomic mass is 10.4. The van der Waals surface area contributed by atoms with E-state index < -0.39 is 17.5 Å². The summed E-state index contributed by atoms with van der Waals surface area (Å²) in [5.41, 5.74) is -0.750. The van der Waals surface area contributed by atoms with Crippen LogP contribution in [0.3, 0.4) is 0 Å². The molecule has 58 valence electrons. The van der Waals surface area contributed by atoms with Crippen molar-refractivity contribution in [3.63, 3.8) is 0 Å². The first-order chi connectivity index (χ1) is 5.11. The van der Waals surface area contributed by atoms with Crippen LogP contribution in [0.5, 0.6) is 0 Å². The first kappa shape index (κ1) is 9.10. The molecular weight excluding hydrogens is 150 g/mol. The third-order valence-corrected chi connectivity index (χ3v) is 0.711. The summed E-state index contributed by atoms with van der Waals surface area (Å²) < 4.78 is 0. The number of carbonyl (C=O) groups excluding carboxylic acids is 2. The molecule has 0 bridgehead atoms. The summed E-state index contributed by atoms with van der Waals surface area (Å²) in [5, 5.41) is 20.2. The zero-order valence-corrected chi connectivity index (χ0v) is 5.66. The quantitative estimate of drug-likeness (QED) is 0.288. The van der Waals surface area contributed by atoms with Crippen LogP contribution < -0.4 is 5.32 Å². The van der Waals surface area contributed by atoms with E-state index in [4.69, 9.17) is 10.5 Å². The van der Waals surface area contributed by atoms with Crippen molar-refractivity contribution in [3.8, 4) is 6.07 Å². The number of imide groups is 1. The summed E-state index contributed by atoms with van der Waals surface area (Å²) in [4.78, 5) is 20.8. The first-order valence-electron chi connectivity index (χ1n) is 2.56. The van der Waals surface area contributed by atoms with Crippen molar-refractivity contribution >= 4 is 17.5 Å². The topological polar surface area (TPSA) is 103 Å². The highest BCUT2D eigenvalue weighted by molar-refractivity contribution is 6.46. The number of nitrogens with one attached hydrogen (secondary N) is 1. The molecule has 11 heavy (non-hydrogen) atoms. The monoisotopic (exact) mass is 155 g/mol. The Balaban J connectivity index is 4.28. The summed E-state index contributed by atoms with van der Waals surface area (Å²) in [6, 6.07) is 1.29. The van der Waals surface area contributed by atoms with Gasteiger partial charge in [-0.15, -0.1) is 0 Å².